The highest BCUT2D eigenvalue weighted by molar-refractivity contribution is 5.48. The van der Waals surface area contributed by atoms with Gasteiger partial charge < -0.3 is 14.3 Å². The molecule has 24 heavy (non-hydrogen) atoms. The molecule has 0 aromatic heterocycles. The van der Waals surface area contributed by atoms with Crippen LogP contribution >= 0.6 is 0 Å². The highest BCUT2D eigenvalue weighted by atomic mass is 16.5. The molecule has 0 heterocycles. The van der Waals surface area contributed by atoms with Crippen LogP contribution in [0.15, 0.2) is 36.4 Å². The van der Waals surface area contributed by atoms with Gasteiger partial charge in [0, 0.05) is 6.42 Å². The van der Waals surface area contributed by atoms with Gasteiger partial charge in [-0.1, -0.05) is 56.4 Å². The zero-order chi connectivity index (χ0) is 17.3. The van der Waals surface area contributed by atoms with Crippen molar-refractivity contribution < 1.29 is 14.3 Å². The van der Waals surface area contributed by atoms with Gasteiger partial charge in [0.05, 0.1) is 20.3 Å². The first-order chi connectivity index (χ1) is 11.9. The van der Waals surface area contributed by atoms with E-state index in [0.717, 1.165) is 36.9 Å². The van der Waals surface area contributed by atoms with Gasteiger partial charge in [-0.15, -0.1) is 0 Å². The van der Waals surface area contributed by atoms with Gasteiger partial charge in [-0.25, -0.2) is 0 Å². The first-order valence-electron chi connectivity index (χ1n) is 9.16. The van der Waals surface area contributed by atoms with Crippen molar-refractivity contribution >= 4 is 6.29 Å². The van der Waals surface area contributed by atoms with Gasteiger partial charge in [-0.3, -0.25) is 0 Å². The average Bonchev–Trinajstić information content (AvgIpc) is 2.62. The van der Waals surface area contributed by atoms with Crippen molar-refractivity contribution in [3.8, 4) is 5.75 Å². The number of ether oxygens (including phenoxy) is 2. The lowest BCUT2D eigenvalue weighted by molar-refractivity contribution is -0.107. The monoisotopic (exact) mass is 332 g/mol. The molecular weight excluding hydrogens is 300 g/mol. The maximum Gasteiger partial charge on any atom is 0.119 e. The number of aldehydes is 1. The number of carbonyl (C=O) groups is 1. The highest BCUT2D eigenvalue weighted by Gasteiger charge is 1.94. The molecule has 0 aliphatic heterocycles. The fourth-order valence-corrected chi connectivity index (χ4v) is 2.53. The Morgan fingerprint density at radius 2 is 1.46 bits per heavy atom. The average molecular weight is 332 g/mol. The minimum Gasteiger partial charge on any atom is -0.497 e. The van der Waals surface area contributed by atoms with E-state index in [1.807, 2.05) is 24.3 Å². The topological polar surface area (TPSA) is 35.5 Å². The van der Waals surface area contributed by atoms with Crippen molar-refractivity contribution in [2.45, 2.75) is 64.4 Å². The second kappa shape index (κ2) is 14.9. The van der Waals surface area contributed by atoms with E-state index in [9.17, 15) is 4.79 Å². The van der Waals surface area contributed by atoms with E-state index in [1.54, 1.807) is 7.11 Å². The maximum atomic E-state index is 10.2. The van der Waals surface area contributed by atoms with Crippen LogP contribution in [-0.4, -0.2) is 20.0 Å². The predicted molar refractivity (Wildman–Crippen MR) is 99.4 cm³/mol. The molecule has 0 saturated heterocycles. The molecule has 3 nitrogen and oxygen atoms in total. The van der Waals surface area contributed by atoms with E-state index in [4.69, 9.17) is 9.47 Å². The Labute approximate surface area is 147 Å². The lowest BCUT2D eigenvalue weighted by Gasteiger charge is -2.03. The summed E-state index contributed by atoms with van der Waals surface area (Å²) in [5, 5.41) is 0. The smallest absolute Gasteiger partial charge is 0.119 e. The van der Waals surface area contributed by atoms with Crippen molar-refractivity contribution in [3.05, 3.63) is 42.0 Å². The molecule has 0 fully saturated rings. The van der Waals surface area contributed by atoms with Gasteiger partial charge in [0.1, 0.15) is 12.0 Å². The Kier molecular flexibility index (Phi) is 12.7. The number of allylic oxidation sites excluding steroid dienone is 1. The molecule has 1 rings (SSSR count). The summed E-state index contributed by atoms with van der Waals surface area (Å²) in [6.07, 6.45) is 15.9. The van der Waals surface area contributed by atoms with Crippen LogP contribution in [0.1, 0.15) is 63.4 Å². The molecule has 0 spiro atoms. The molecule has 0 bridgehead atoms. The number of carbonyl (C=O) groups excluding carboxylic acids is 1. The van der Waals surface area contributed by atoms with Gasteiger partial charge >= 0.3 is 0 Å². The number of hydrogen-bond donors (Lipinski definition) is 0. The standard InChI is InChI=1S/C21H32O3/c1-23-21-15-13-20(14-16-21)19-24-18-12-10-8-6-4-2-3-5-7-9-11-17-22/h10,12-17H,2-9,11,18-19H2,1H3/b12-10+. The van der Waals surface area contributed by atoms with Crippen molar-refractivity contribution in [1.29, 1.82) is 0 Å². The molecule has 0 aliphatic rings. The predicted octanol–water partition coefficient (Wildman–Crippen LogP) is 5.48. The van der Waals surface area contributed by atoms with E-state index < -0.39 is 0 Å². The second-order valence-corrected chi connectivity index (χ2v) is 6.05. The van der Waals surface area contributed by atoms with Crippen LogP contribution in [0.2, 0.25) is 0 Å². The minimum atomic E-state index is 0.637. The number of unbranched alkanes of at least 4 members (excludes halogenated alkanes) is 8. The van der Waals surface area contributed by atoms with Crippen molar-refractivity contribution in [1.82, 2.24) is 0 Å². The number of benzene rings is 1. The Balaban J connectivity index is 1.88. The third-order valence-electron chi connectivity index (χ3n) is 4.00. The lowest BCUT2D eigenvalue weighted by atomic mass is 10.1. The van der Waals surface area contributed by atoms with Crippen LogP contribution in [0.5, 0.6) is 5.75 Å². The molecule has 0 radical (unpaired) electrons. The van der Waals surface area contributed by atoms with Gasteiger partial charge in [-0.05, 0) is 37.0 Å². The molecule has 0 unspecified atom stereocenters. The van der Waals surface area contributed by atoms with Crippen molar-refractivity contribution in [3.63, 3.8) is 0 Å². The second-order valence-electron chi connectivity index (χ2n) is 6.05. The van der Waals surface area contributed by atoms with Crippen LogP contribution in [0.25, 0.3) is 0 Å². The van der Waals surface area contributed by atoms with Crippen molar-refractivity contribution in [2.75, 3.05) is 13.7 Å². The summed E-state index contributed by atoms with van der Waals surface area (Å²) in [4.78, 5) is 10.2. The number of hydrogen-bond acceptors (Lipinski definition) is 3. The van der Waals surface area contributed by atoms with Crippen LogP contribution in [0.4, 0.5) is 0 Å². The van der Waals surface area contributed by atoms with Gasteiger partial charge in [0.2, 0.25) is 0 Å². The van der Waals surface area contributed by atoms with Crippen LogP contribution < -0.4 is 4.74 Å². The van der Waals surface area contributed by atoms with E-state index in [1.165, 1.54) is 38.5 Å². The molecule has 0 amide bonds. The summed E-state index contributed by atoms with van der Waals surface area (Å²) < 4.78 is 10.8. The molecule has 1 aromatic carbocycles. The summed E-state index contributed by atoms with van der Waals surface area (Å²) in [7, 11) is 1.67. The molecule has 0 aliphatic carbocycles. The van der Waals surface area contributed by atoms with Crippen LogP contribution in [0, 0.1) is 0 Å². The SMILES string of the molecule is COc1ccc(COC/C=C/CCCCCCCCCC=O)cc1. The van der Waals surface area contributed by atoms with Crippen LogP contribution in [0.3, 0.4) is 0 Å². The minimum absolute atomic E-state index is 0.637. The van der Waals surface area contributed by atoms with E-state index in [0.29, 0.717) is 13.2 Å². The third-order valence-corrected chi connectivity index (χ3v) is 4.00. The summed E-state index contributed by atoms with van der Waals surface area (Å²) >= 11 is 0. The Morgan fingerprint density at radius 3 is 2.08 bits per heavy atom. The first kappa shape index (κ1) is 20.4. The summed E-state index contributed by atoms with van der Waals surface area (Å²) in [6, 6.07) is 7.97. The Bertz CT molecular complexity index is 437. The van der Waals surface area contributed by atoms with E-state index >= 15 is 0 Å². The lowest BCUT2D eigenvalue weighted by Crippen LogP contribution is -1.93. The van der Waals surface area contributed by atoms with Gasteiger partial charge in [-0.2, -0.15) is 0 Å². The third kappa shape index (κ3) is 11.0. The number of rotatable bonds is 15. The Morgan fingerprint density at radius 1 is 0.833 bits per heavy atom. The quantitative estimate of drug-likeness (QED) is 0.242. The maximum absolute atomic E-state index is 10.2. The zero-order valence-electron chi connectivity index (χ0n) is 15.0. The normalized spacial score (nSPS) is 11.0. The molecule has 0 atom stereocenters. The molecular formula is C21H32O3. The summed E-state index contributed by atoms with van der Waals surface area (Å²) in [5.41, 5.74) is 1.16. The summed E-state index contributed by atoms with van der Waals surface area (Å²) in [6.45, 7) is 1.31. The molecule has 134 valence electrons. The molecule has 3 heteroatoms. The Hall–Kier alpha value is -1.61. The summed E-state index contributed by atoms with van der Waals surface area (Å²) in [5.74, 6) is 0.875. The van der Waals surface area contributed by atoms with E-state index in [2.05, 4.69) is 12.2 Å². The fraction of sp³-hybridized carbons (Fsp3) is 0.571. The zero-order valence-corrected chi connectivity index (χ0v) is 15.0. The highest BCUT2D eigenvalue weighted by Crippen LogP contribution is 2.12. The first-order valence-corrected chi connectivity index (χ1v) is 9.16. The molecule has 1 aromatic rings. The molecule has 0 saturated carbocycles. The van der Waals surface area contributed by atoms with Crippen molar-refractivity contribution in [2.24, 2.45) is 0 Å². The van der Waals surface area contributed by atoms with Crippen LogP contribution in [-0.2, 0) is 16.1 Å². The molecule has 0 N–H and O–H groups in total. The van der Waals surface area contributed by atoms with Gasteiger partial charge in [0.25, 0.3) is 0 Å². The largest absolute Gasteiger partial charge is 0.497 e. The fourth-order valence-electron chi connectivity index (χ4n) is 2.53. The number of methoxy groups -OCH3 is 1. The van der Waals surface area contributed by atoms with E-state index in [-0.39, 0.29) is 0 Å². The van der Waals surface area contributed by atoms with Gasteiger partial charge in [0.15, 0.2) is 0 Å².